The van der Waals surface area contributed by atoms with E-state index in [4.69, 9.17) is 14.8 Å². The third-order valence-electron chi connectivity index (χ3n) is 5.46. The van der Waals surface area contributed by atoms with Gasteiger partial charge in [-0.15, -0.1) is 11.3 Å². The SMILES string of the molecule is CC(=Nn1c(-c2ccc3c(c2)NC(=O)CO3)csc1=Nc1cc(C)ccc1C)c1ccccn1. The maximum absolute atomic E-state index is 11.8. The quantitative estimate of drug-likeness (QED) is 0.424. The van der Waals surface area contributed by atoms with Crippen molar-refractivity contribution in [3.8, 4) is 17.0 Å². The number of pyridine rings is 1. The second kappa shape index (κ2) is 9.07. The normalized spacial score (nSPS) is 13.9. The average Bonchev–Trinajstić information content (AvgIpc) is 3.23. The Morgan fingerprint density at radius 1 is 1.15 bits per heavy atom. The van der Waals surface area contributed by atoms with Gasteiger partial charge in [0, 0.05) is 17.1 Å². The van der Waals surface area contributed by atoms with E-state index in [1.54, 1.807) is 6.20 Å². The Labute approximate surface area is 201 Å². The Morgan fingerprint density at radius 3 is 2.85 bits per heavy atom. The molecule has 4 aromatic rings. The van der Waals surface area contributed by atoms with Crippen LogP contribution in [0.3, 0.4) is 0 Å². The van der Waals surface area contributed by atoms with E-state index in [2.05, 4.69) is 35.4 Å². The van der Waals surface area contributed by atoms with E-state index < -0.39 is 0 Å². The second-order valence-electron chi connectivity index (χ2n) is 8.07. The van der Waals surface area contributed by atoms with Crippen LogP contribution in [-0.2, 0) is 4.79 Å². The zero-order valence-electron chi connectivity index (χ0n) is 19.1. The number of carbonyl (C=O) groups is 1. The van der Waals surface area contributed by atoms with E-state index in [9.17, 15) is 4.79 Å². The molecule has 170 valence electrons. The molecule has 2 aromatic heterocycles. The van der Waals surface area contributed by atoms with Crippen LogP contribution in [0.15, 0.2) is 76.3 Å². The molecule has 0 radical (unpaired) electrons. The number of nitrogens with one attached hydrogen (secondary N) is 1. The third-order valence-corrected chi connectivity index (χ3v) is 6.28. The molecule has 3 heterocycles. The lowest BCUT2D eigenvalue weighted by Gasteiger charge is -2.18. The lowest BCUT2D eigenvalue weighted by atomic mass is 10.1. The van der Waals surface area contributed by atoms with E-state index >= 15 is 0 Å². The van der Waals surface area contributed by atoms with Gasteiger partial charge in [0.2, 0.25) is 4.80 Å². The Hall–Kier alpha value is -4.04. The van der Waals surface area contributed by atoms with Crippen LogP contribution >= 0.6 is 11.3 Å². The molecular weight excluding hydrogens is 446 g/mol. The summed E-state index contributed by atoms with van der Waals surface area (Å²) >= 11 is 1.51. The zero-order valence-corrected chi connectivity index (χ0v) is 19.9. The zero-order chi connectivity index (χ0) is 23.7. The number of thiazole rings is 1. The summed E-state index contributed by atoms with van der Waals surface area (Å²) in [5.41, 5.74) is 7.07. The standard InChI is InChI=1S/C26H23N5O2S/c1-16-7-8-17(2)21(12-16)29-26-31(30-18(3)20-6-4-5-11-27-20)23(15-34-26)19-9-10-24-22(13-19)28-25(32)14-33-24/h4-13,15H,14H2,1-3H3,(H,28,32). The fourth-order valence-electron chi connectivity index (χ4n) is 3.64. The first-order valence-electron chi connectivity index (χ1n) is 10.8. The number of aromatic nitrogens is 2. The monoisotopic (exact) mass is 469 g/mol. The third kappa shape index (κ3) is 4.40. The number of anilines is 1. The molecule has 0 bridgehead atoms. The lowest BCUT2D eigenvalue weighted by Crippen LogP contribution is -2.25. The summed E-state index contributed by atoms with van der Waals surface area (Å²) in [6.07, 6.45) is 1.75. The molecule has 1 aliphatic rings. The van der Waals surface area contributed by atoms with Gasteiger partial charge >= 0.3 is 0 Å². The van der Waals surface area contributed by atoms with E-state index in [1.807, 2.05) is 60.3 Å². The average molecular weight is 470 g/mol. The van der Waals surface area contributed by atoms with Crippen LogP contribution in [0.2, 0.25) is 0 Å². The summed E-state index contributed by atoms with van der Waals surface area (Å²) in [4.78, 5) is 21.9. The van der Waals surface area contributed by atoms with Crippen LogP contribution in [0.5, 0.6) is 5.75 Å². The van der Waals surface area contributed by atoms with Crippen LogP contribution in [0, 0.1) is 13.8 Å². The van der Waals surface area contributed by atoms with Gasteiger partial charge in [0.15, 0.2) is 6.61 Å². The van der Waals surface area contributed by atoms with Crippen molar-refractivity contribution in [2.24, 2.45) is 10.1 Å². The number of benzene rings is 2. The number of fused-ring (bicyclic) bond motifs is 1. The van der Waals surface area contributed by atoms with Gasteiger partial charge in [-0.05, 0) is 68.3 Å². The van der Waals surface area contributed by atoms with Crippen LogP contribution in [0.1, 0.15) is 23.7 Å². The maximum Gasteiger partial charge on any atom is 0.262 e. The summed E-state index contributed by atoms with van der Waals surface area (Å²) in [6, 6.07) is 17.7. The van der Waals surface area contributed by atoms with Crippen molar-refractivity contribution in [3.05, 3.63) is 87.8 Å². The number of ether oxygens (including phenoxy) is 1. The molecule has 0 aliphatic carbocycles. The van der Waals surface area contributed by atoms with Gasteiger partial charge in [0.05, 0.1) is 28.5 Å². The summed E-state index contributed by atoms with van der Waals surface area (Å²) in [5, 5.41) is 9.81. The molecule has 1 aliphatic heterocycles. The highest BCUT2D eigenvalue weighted by Crippen LogP contribution is 2.33. The smallest absolute Gasteiger partial charge is 0.262 e. The number of carbonyl (C=O) groups excluding carboxylic acids is 1. The van der Waals surface area contributed by atoms with Gasteiger partial charge in [-0.2, -0.15) is 5.10 Å². The number of hydrogen-bond acceptors (Lipinski definition) is 6. The van der Waals surface area contributed by atoms with Crippen LogP contribution < -0.4 is 14.9 Å². The van der Waals surface area contributed by atoms with Gasteiger partial charge in [-0.25, -0.2) is 9.67 Å². The summed E-state index contributed by atoms with van der Waals surface area (Å²) < 4.78 is 7.35. The lowest BCUT2D eigenvalue weighted by molar-refractivity contribution is -0.118. The van der Waals surface area contributed by atoms with Gasteiger partial charge in [0.25, 0.3) is 5.91 Å². The first-order chi connectivity index (χ1) is 16.5. The van der Waals surface area contributed by atoms with E-state index in [0.717, 1.165) is 44.3 Å². The highest BCUT2D eigenvalue weighted by molar-refractivity contribution is 7.07. The van der Waals surface area contributed by atoms with Gasteiger partial charge in [-0.3, -0.25) is 9.78 Å². The van der Waals surface area contributed by atoms with Crippen LogP contribution in [0.25, 0.3) is 11.3 Å². The van der Waals surface area contributed by atoms with Crippen molar-refractivity contribution < 1.29 is 9.53 Å². The molecular formula is C26H23N5O2S. The molecule has 1 N–H and O–H groups in total. The van der Waals surface area contributed by atoms with E-state index in [-0.39, 0.29) is 12.5 Å². The first-order valence-corrected chi connectivity index (χ1v) is 11.7. The molecule has 34 heavy (non-hydrogen) atoms. The Balaban J connectivity index is 1.69. The Bertz CT molecular complexity index is 1480. The molecule has 0 saturated carbocycles. The molecule has 8 heteroatoms. The molecule has 0 spiro atoms. The van der Waals surface area contributed by atoms with Gasteiger partial charge in [-0.1, -0.05) is 18.2 Å². The Kier molecular flexibility index (Phi) is 5.81. The summed E-state index contributed by atoms with van der Waals surface area (Å²) in [5.74, 6) is 0.482. The van der Waals surface area contributed by atoms with E-state index in [1.165, 1.54) is 11.3 Å². The molecule has 5 rings (SSSR count). The second-order valence-corrected chi connectivity index (χ2v) is 8.90. The number of rotatable bonds is 4. The highest BCUT2D eigenvalue weighted by Gasteiger charge is 2.18. The molecule has 0 saturated heterocycles. The largest absolute Gasteiger partial charge is 0.482 e. The predicted octanol–water partition coefficient (Wildman–Crippen LogP) is 5.06. The van der Waals surface area contributed by atoms with Crippen molar-refractivity contribution in [2.75, 3.05) is 11.9 Å². The van der Waals surface area contributed by atoms with Gasteiger partial charge in [0.1, 0.15) is 5.75 Å². The molecule has 0 atom stereocenters. The van der Waals surface area contributed by atoms with Crippen LogP contribution in [0.4, 0.5) is 11.4 Å². The fraction of sp³-hybridized carbons (Fsp3) is 0.154. The molecule has 0 unspecified atom stereocenters. The molecule has 7 nitrogen and oxygen atoms in total. The first kappa shape index (κ1) is 21.8. The Morgan fingerprint density at radius 2 is 2.03 bits per heavy atom. The summed E-state index contributed by atoms with van der Waals surface area (Å²) in [7, 11) is 0. The van der Waals surface area contributed by atoms with Crippen molar-refractivity contribution in [1.29, 1.82) is 0 Å². The molecule has 2 aromatic carbocycles. The molecule has 1 amide bonds. The summed E-state index contributed by atoms with van der Waals surface area (Å²) in [6.45, 7) is 6.06. The van der Waals surface area contributed by atoms with Crippen molar-refractivity contribution in [2.45, 2.75) is 20.8 Å². The van der Waals surface area contributed by atoms with E-state index in [0.29, 0.717) is 11.4 Å². The van der Waals surface area contributed by atoms with Crippen molar-refractivity contribution in [1.82, 2.24) is 9.66 Å². The minimum atomic E-state index is -0.169. The minimum Gasteiger partial charge on any atom is -0.482 e. The maximum atomic E-state index is 11.8. The van der Waals surface area contributed by atoms with Gasteiger partial charge < -0.3 is 10.1 Å². The minimum absolute atomic E-state index is 0.0250. The topological polar surface area (TPSA) is 80.9 Å². The number of amides is 1. The number of aryl methyl sites for hydroxylation is 2. The predicted molar refractivity (Wildman–Crippen MR) is 135 cm³/mol. The highest BCUT2D eigenvalue weighted by atomic mass is 32.1. The van der Waals surface area contributed by atoms with Crippen molar-refractivity contribution >= 4 is 34.3 Å². The number of hydrogen-bond donors (Lipinski definition) is 1. The fourth-order valence-corrected chi connectivity index (χ4v) is 4.48. The number of nitrogens with zero attached hydrogens (tertiary/aromatic N) is 4. The van der Waals surface area contributed by atoms with Crippen molar-refractivity contribution in [3.63, 3.8) is 0 Å². The van der Waals surface area contributed by atoms with Crippen LogP contribution in [-0.4, -0.2) is 27.9 Å². The molecule has 0 fully saturated rings.